The zero-order valence-electron chi connectivity index (χ0n) is 29.0. The van der Waals surface area contributed by atoms with Gasteiger partial charge in [0.25, 0.3) is 0 Å². The van der Waals surface area contributed by atoms with Crippen LogP contribution in [0.5, 0.6) is 0 Å². The molecule has 1 spiro atoms. The molecule has 3 aliphatic heterocycles. The van der Waals surface area contributed by atoms with Crippen LogP contribution in [0.1, 0.15) is 56.8 Å². The number of aliphatic hydroxyl groups excluding tert-OH is 1. The molecule has 0 aliphatic carbocycles. The van der Waals surface area contributed by atoms with E-state index < -0.39 is 59.6 Å². The van der Waals surface area contributed by atoms with E-state index in [2.05, 4.69) is 29.1 Å². The highest BCUT2D eigenvalue weighted by atomic mass is 79.9. The van der Waals surface area contributed by atoms with Crippen LogP contribution in [0.2, 0.25) is 0 Å². The smallest absolute Gasteiger partial charge is 0.313 e. The van der Waals surface area contributed by atoms with Gasteiger partial charge >= 0.3 is 5.97 Å². The highest BCUT2D eigenvalue weighted by Gasteiger charge is 2.77. The summed E-state index contributed by atoms with van der Waals surface area (Å²) >= 11 is 3.74. The molecule has 268 valence electrons. The van der Waals surface area contributed by atoms with Gasteiger partial charge in [-0.05, 0) is 37.3 Å². The van der Waals surface area contributed by atoms with Crippen LogP contribution in [0.25, 0.3) is 0 Å². The number of ether oxygens (including phenoxy) is 2. The van der Waals surface area contributed by atoms with Gasteiger partial charge in [-0.2, -0.15) is 0 Å². The molecule has 50 heavy (non-hydrogen) atoms. The number of alkyl halides is 1. The fourth-order valence-corrected chi connectivity index (χ4v) is 8.85. The number of nitrogens with zero attached hydrogens (tertiary/aromatic N) is 3. The first-order valence-corrected chi connectivity index (χ1v) is 18.3. The second kappa shape index (κ2) is 16.0. The Bertz CT molecular complexity index is 1550. The van der Waals surface area contributed by atoms with Crippen molar-refractivity contribution >= 4 is 39.6 Å². The van der Waals surface area contributed by atoms with E-state index in [1.807, 2.05) is 74.5 Å². The second-order valence-electron chi connectivity index (χ2n) is 13.5. The second-order valence-corrected chi connectivity index (χ2v) is 14.7. The zero-order chi connectivity index (χ0) is 36.2. The number of rotatable bonds is 16. The summed E-state index contributed by atoms with van der Waals surface area (Å²) in [5.74, 6) is -3.53. The summed E-state index contributed by atoms with van der Waals surface area (Å²) in [5.41, 5.74) is 0.277. The molecule has 3 saturated heterocycles. The lowest BCUT2D eigenvalue weighted by atomic mass is 9.70. The van der Waals surface area contributed by atoms with Crippen molar-refractivity contribution < 1.29 is 33.8 Å². The van der Waals surface area contributed by atoms with Crippen molar-refractivity contribution in [2.75, 3.05) is 20.2 Å². The maximum atomic E-state index is 14.8. The average Bonchev–Trinajstić information content (AvgIpc) is 3.73. The maximum absolute atomic E-state index is 14.8. The number of carbonyl (C=O) groups excluding carboxylic acids is 4. The molecule has 1 N–H and O–H groups in total. The van der Waals surface area contributed by atoms with Crippen LogP contribution in [-0.2, 0) is 35.2 Å². The Morgan fingerprint density at radius 2 is 1.78 bits per heavy atom. The lowest BCUT2D eigenvalue weighted by molar-refractivity contribution is -0.165. The summed E-state index contributed by atoms with van der Waals surface area (Å²) in [4.78, 5) is 61.3. The molecule has 5 rings (SSSR count). The fraction of sp³-hybridized carbons (Fsp3) is 0.487. The number of fused-ring (bicyclic) bond motifs is 1. The third kappa shape index (κ3) is 6.92. The summed E-state index contributed by atoms with van der Waals surface area (Å²) in [5, 5.41) is 10.5. The van der Waals surface area contributed by atoms with Crippen LogP contribution in [0.4, 0.5) is 0 Å². The van der Waals surface area contributed by atoms with Gasteiger partial charge in [0.05, 0.1) is 36.6 Å². The largest absolute Gasteiger partial charge is 0.455 e. The number of allylic oxidation sites excluding steroid dienone is 1. The number of aliphatic hydroxyl groups is 1. The van der Waals surface area contributed by atoms with Crippen LogP contribution in [0.3, 0.4) is 0 Å². The number of hydrogen-bond donors (Lipinski definition) is 1. The quantitative estimate of drug-likeness (QED) is 0.149. The van der Waals surface area contributed by atoms with Gasteiger partial charge < -0.3 is 29.3 Å². The molecule has 0 radical (unpaired) electrons. The summed E-state index contributed by atoms with van der Waals surface area (Å²) in [7, 11) is 1.68. The normalized spacial score (nSPS) is 26.9. The minimum atomic E-state index is -1.33. The van der Waals surface area contributed by atoms with Crippen LogP contribution in [0, 0.1) is 11.8 Å². The van der Waals surface area contributed by atoms with E-state index in [1.165, 1.54) is 4.90 Å². The minimum absolute atomic E-state index is 0.116. The Morgan fingerprint density at radius 1 is 1.12 bits per heavy atom. The van der Waals surface area contributed by atoms with Gasteiger partial charge in [0.2, 0.25) is 17.7 Å². The van der Waals surface area contributed by atoms with Crippen molar-refractivity contribution in [2.45, 2.75) is 86.8 Å². The molecule has 3 amide bonds. The predicted molar refractivity (Wildman–Crippen MR) is 193 cm³/mol. The predicted octanol–water partition coefficient (Wildman–Crippen LogP) is 4.82. The monoisotopic (exact) mass is 749 g/mol. The fourth-order valence-electron chi connectivity index (χ4n) is 7.91. The zero-order valence-corrected chi connectivity index (χ0v) is 30.6. The number of likely N-dealkylation sites (tertiary alicyclic amines) is 1. The van der Waals surface area contributed by atoms with Crippen LogP contribution < -0.4 is 0 Å². The topological polar surface area (TPSA) is 117 Å². The molecule has 10 nitrogen and oxygen atoms in total. The molecular formula is C39H48BrN3O7. The number of hydrogen-bond acceptors (Lipinski definition) is 7. The van der Waals surface area contributed by atoms with E-state index in [9.17, 15) is 24.3 Å². The van der Waals surface area contributed by atoms with E-state index in [0.717, 1.165) is 5.56 Å². The van der Waals surface area contributed by atoms with Gasteiger partial charge in [0.1, 0.15) is 17.7 Å². The van der Waals surface area contributed by atoms with Gasteiger partial charge in [-0.3, -0.25) is 19.2 Å². The number of esters is 1. The number of halogens is 1. The van der Waals surface area contributed by atoms with E-state index in [4.69, 9.17) is 9.47 Å². The molecule has 1 unspecified atom stereocenters. The lowest BCUT2D eigenvalue weighted by Gasteiger charge is -2.39. The van der Waals surface area contributed by atoms with Gasteiger partial charge in [0.15, 0.2) is 0 Å². The molecule has 3 fully saturated rings. The standard InChI is InChI=1S/C39H48BrN3O7/c1-6-9-20-30(45)41(5)25(4)33(27-18-14-11-15-19-27)49-38(48)31-32-36(46)43(28(8-3)24-44)35(39(32)22-29(40)34(31)50-39)37(47)42(21-7-2)23-26-16-12-10-13-17-26/h6-7,10-19,25,28-29,31-35,44H,1-2,8-9,20-24H2,3-5H3/t25-,28-,29?,31-,32+,33+,34-,35-,39+/m0/s1. The molecule has 2 bridgehead atoms. The van der Waals surface area contributed by atoms with Crippen LogP contribution in [-0.4, -0.2) is 98.4 Å². The summed E-state index contributed by atoms with van der Waals surface area (Å²) in [6.45, 7) is 11.4. The molecule has 0 aromatic heterocycles. The highest BCUT2D eigenvalue weighted by molar-refractivity contribution is 9.09. The Balaban J connectivity index is 1.51. The van der Waals surface area contributed by atoms with Crippen molar-refractivity contribution in [3.8, 4) is 0 Å². The molecule has 2 aromatic rings. The molecule has 2 aromatic carbocycles. The molecule has 11 heteroatoms. The third-order valence-electron chi connectivity index (χ3n) is 10.6. The Kier molecular flexibility index (Phi) is 12.0. The van der Waals surface area contributed by atoms with Crippen molar-refractivity contribution in [2.24, 2.45) is 11.8 Å². The highest BCUT2D eigenvalue weighted by Crippen LogP contribution is 2.61. The van der Waals surface area contributed by atoms with Gasteiger partial charge in [-0.15, -0.1) is 13.2 Å². The van der Waals surface area contributed by atoms with Gasteiger partial charge in [-0.1, -0.05) is 95.7 Å². The molecule has 9 atom stereocenters. The SMILES string of the molecule is C=CCCC(=O)N(C)[C@@H](C)[C@@H](OC(=O)[C@@H]1[C@H]2O[C@@]3(CC2Br)[C@H](C(=O)N(CC=C)Cc2ccccc2)N([C@@H](CC)CO)C(=O)[C@@H]13)c1ccccc1. The molecular weight excluding hydrogens is 702 g/mol. The molecule has 3 aliphatic rings. The lowest BCUT2D eigenvalue weighted by Crippen LogP contribution is -2.58. The molecule has 3 heterocycles. The van der Waals surface area contributed by atoms with E-state index >= 15 is 0 Å². The first-order chi connectivity index (χ1) is 24.0. The number of amides is 3. The molecule has 0 saturated carbocycles. The van der Waals surface area contributed by atoms with Crippen molar-refractivity contribution in [1.29, 1.82) is 0 Å². The van der Waals surface area contributed by atoms with E-state index in [1.54, 1.807) is 29.0 Å². The average molecular weight is 751 g/mol. The van der Waals surface area contributed by atoms with Crippen molar-refractivity contribution in [3.63, 3.8) is 0 Å². The minimum Gasteiger partial charge on any atom is -0.455 e. The van der Waals surface area contributed by atoms with Crippen molar-refractivity contribution in [3.05, 3.63) is 97.1 Å². The summed E-state index contributed by atoms with van der Waals surface area (Å²) in [6.07, 6.45) is 3.25. The Hall–Kier alpha value is -3.80. The van der Waals surface area contributed by atoms with Crippen LogP contribution in [0.15, 0.2) is 86.0 Å². The number of carbonyl (C=O) groups is 4. The first-order valence-electron chi connectivity index (χ1n) is 17.3. The van der Waals surface area contributed by atoms with Crippen molar-refractivity contribution in [1.82, 2.24) is 14.7 Å². The number of likely N-dealkylation sites (N-methyl/N-ethyl adjacent to an activating group) is 1. The third-order valence-corrected chi connectivity index (χ3v) is 11.4. The van der Waals surface area contributed by atoms with Gasteiger partial charge in [0, 0.05) is 31.4 Å². The summed E-state index contributed by atoms with van der Waals surface area (Å²) in [6, 6.07) is 16.5. The van der Waals surface area contributed by atoms with E-state index in [-0.39, 0.29) is 42.8 Å². The first kappa shape index (κ1) is 37.5. The number of benzene rings is 2. The van der Waals surface area contributed by atoms with Gasteiger partial charge in [-0.25, -0.2) is 0 Å². The van der Waals surface area contributed by atoms with E-state index in [0.29, 0.717) is 24.8 Å². The Labute approximate surface area is 303 Å². The van der Waals surface area contributed by atoms with Crippen LogP contribution >= 0.6 is 15.9 Å². The maximum Gasteiger partial charge on any atom is 0.313 e. The summed E-state index contributed by atoms with van der Waals surface area (Å²) < 4.78 is 13.1. The Morgan fingerprint density at radius 3 is 2.38 bits per heavy atom.